The number of thiazole rings is 1. The van der Waals surface area contributed by atoms with E-state index < -0.39 is 0 Å². The highest BCUT2D eigenvalue weighted by Gasteiger charge is 2.10. The van der Waals surface area contributed by atoms with E-state index in [0.29, 0.717) is 6.04 Å². The Hall–Kier alpha value is -0.450. The van der Waals surface area contributed by atoms with Crippen LogP contribution >= 0.6 is 11.3 Å². The van der Waals surface area contributed by atoms with Crippen molar-refractivity contribution in [3.63, 3.8) is 0 Å². The van der Waals surface area contributed by atoms with Crippen LogP contribution in [0.1, 0.15) is 28.5 Å². The van der Waals surface area contributed by atoms with Crippen molar-refractivity contribution in [2.75, 3.05) is 20.3 Å². The van der Waals surface area contributed by atoms with Crippen molar-refractivity contribution in [1.82, 2.24) is 10.3 Å². The predicted octanol–water partition coefficient (Wildman–Crippen LogP) is 2.06. The van der Waals surface area contributed by atoms with Gasteiger partial charge in [0.15, 0.2) is 0 Å². The summed E-state index contributed by atoms with van der Waals surface area (Å²) in [6.45, 7) is 7.91. The molecule has 80 valence electrons. The first-order valence-corrected chi connectivity index (χ1v) is 5.63. The van der Waals surface area contributed by atoms with Gasteiger partial charge < -0.3 is 10.1 Å². The third kappa shape index (κ3) is 3.04. The van der Waals surface area contributed by atoms with Crippen LogP contribution in [0.15, 0.2) is 0 Å². The number of aromatic nitrogens is 1. The zero-order valence-electron chi connectivity index (χ0n) is 9.26. The normalized spacial score (nSPS) is 13.1. The predicted molar refractivity (Wildman–Crippen MR) is 59.9 cm³/mol. The van der Waals surface area contributed by atoms with E-state index in [1.807, 2.05) is 0 Å². The third-order valence-electron chi connectivity index (χ3n) is 2.17. The van der Waals surface area contributed by atoms with Gasteiger partial charge in [-0.15, -0.1) is 11.3 Å². The molecule has 0 bridgehead atoms. The maximum Gasteiger partial charge on any atom is 0.110 e. The van der Waals surface area contributed by atoms with E-state index in [4.69, 9.17) is 4.74 Å². The van der Waals surface area contributed by atoms with Crippen LogP contribution in [0.3, 0.4) is 0 Å². The molecule has 0 saturated carbocycles. The number of methoxy groups -OCH3 is 1. The SMILES string of the molecule is COCCNC(C)c1nc(C)c(C)s1. The van der Waals surface area contributed by atoms with E-state index in [1.54, 1.807) is 18.4 Å². The number of rotatable bonds is 5. The molecule has 0 aliphatic rings. The van der Waals surface area contributed by atoms with Crippen LogP contribution in [0.4, 0.5) is 0 Å². The number of aryl methyl sites for hydroxylation is 2. The summed E-state index contributed by atoms with van der Waals surface area (Å²) in [4.78, 5) is 5.81. The second kappa shape index (κ2) is 5.44. The van der Waals surface area contributed by atoms with Crippen molar-refractivity contribution in [3.05, 3.63) is 15.6 Å². The summed E-state index contributed by atoms with van der Waals surface area (Å²) in [5, 5.41) is 4.53. The van der Waals surface area contributed by atoms with E-state index in [1.165, 1.54) is 4.88 Å². The summed E-state index contributed by atoms with van der Waals surface area (Å²) in [5.74, 6) is 0. The molecular formula is C10H18N2OS. The summed E-state index contributed by atoms with van der Waals surface area (Å²) in [6, 6.07) is 0.322. The lowest BCUT2D eigenvalue weighted by molar-refractivity contribution is 0.196. The van der Waals surface area contributed by atoms with Crippen molar-refractivity contribution in [1.29, 1.82) is 0 Å². The highest BCUT2D eigenvalue weighted by molar-refractivity contribution is 7.11. The van der Waals surface area contributed by atoms with Gasteiger partial charge in [-0.25, -0.2) is 4.98 Å². The van der Waals surface area contributed by atoms with Crippen LogP contribution in [0.25, 0.3) is 0 Å². The van der Waals surface area contributed by atoms with Gasteiger partial charge in [-0.1, -0.05) is 0 Å². The van der Waals surface area contributed by atoms with Gasteiger partial charge in [0.1, 0.15) is 5.01 Å². The minimum absolute atomic E-state index is 0.322. The minimum Gasteiger partial charge on any atom is -0.383 e. The molecule has 1 N–H and O–H groups in total. The lowest BCUT2D eigenvalue weighted by atomic mass is 10.3. The molecule has 3 nitrogen and oxygen atoms in total. The summed E-state index contributed by atoms with van der Waals surface area (Å²) in [5.41, 5.74) is 1.14. The van der Waals surface area contributed by atoms with Gasteiger partial charge in [0.05, 0.1) is 18.3 Å². The molecule has 1 aromatic rings. The average Bonchev–Trinajstić information content (AvgIpc) is 2.47. The van der Waals surface area contributed by atoms with Crippen molar-refractivity contribution in [3.8, 4) is 0 Å². The van der Waals surface area contributed by atoms with E-state index >= 15 is 0 Å². The second-order valence-corrected chi connectivity index (χ2v) is 4.60. The first kappa shape index (κ1) is 11.6. The standard InChI is InChI=1S/C10H18N2OS/c1-7-9(3)14-10(12-7)8(2)11-5-6-13-4/h8,11H,5-6H2,1-4H3. The molecule has 14 heavy (non-hydrogen) atoms. The fraction of sp³-hybridized carbons (Fsp3) is 0.700. The smallest absolute Gasteiger partial charge is 0.110 e. The molecule has 0 radical (unpaired) electrons. The number of ether oxygens (including phenoxy) is 1. The molecule has 0 aliphatic heterocycles. The molecule has 0 aliphatic carbocycles. The molecule has 4 heteroatoms. The van der Waals surface area contributed by atoms with Gasteiger partial charge in [0, 0.05) is 18.5 Å². The van der Waals surface area contributed by atoms with Crippen LogP contribution in [-0.2, 0) is 4.74 Å². The largest absolute Gasteiger partial charge is 0.383 e. The van der Waals surface area contributed by atoms with E-state index in [0.717, 1.165) is 23.9 Å². The maximum atomic E-state index is 4.98. The lowest BCUT2D eigenvalue weighted by Gasteiger charge is -2.09. The zero-order valence-corrected chi connectivity index (χ0v) is 10.1. The van der Waals surface area contributed by atoms with Crippen LogP contribution in [0.2, 0.25) is 0 Å². The first-order chi connectivity index (χ1) is 6.65. The quantitative estimate of drug-likeness (QED) is 0.762. The van der Waals surface area contributed by atoms with Crippen molar-refractivity contribution >= 4 is 11.3 Å². The molecule has 0 fully saturated rings. The second-order valence-electron chi connectivity index (χ2n) is 3.36. The van der Waals surface area contributed by atoms with E-state index in [-0.39, 0.29) is 0 Å². The molecular weight excluding hydrogens is 196 g/mol. The topological polar surface area (TPSA) is 34.1 Å². The van der Waals surface area contributed by atoms with Gasteiger partial charge in [-0.2, -0.15) is 0 Å². The van der Waals surface area contributed by atoms with Crippen molar-refractivity contribution in [2.24, 2.45) is 0 Å². The Kier molecular flexibility index (Phi) is 4.51. The van der Waals surface area contributed by atoms with Gasteiger partial charge >= 0.3 is 0 Å². The zero-order chi connectivity index (χ0) is 10.6. The fourth-order valence-electron chi connectivity index (χ4n) is 1.15. The fourth-order valence-corrected chi connectivity index (χ4v) is 2.10. The lowest BCUT2D eigenvalue weighted by Crippen LogP contribution is -2.22. The Labute approximate surface area is 89.5 Å². The molecule has 1 rings (SSSR count). The minimum atomic E-state index is 0.322. The molecule has 1 aromatic heterocycles. The van der Waals surface area contributed by atoms with Crippen LogP contribution in [-0.4, -0.2) is 25.2 Å². The molecule has 1 unspecified atom stereocenters. The molecule has 0 aromatic carbocycles. The maximum absolute atomic E-state index is 4.98. The molecule has 0 saturated heterocycles. The number of hydrogen-bond acceptors (Lipinski definition) is 4. The van der Waals surface area contributed by atoms with Gasteiger partial charge in [0.25, 0.3) is 0 Å². The Morgan fingerprint density at radius 2 is 2.21 bits per heavy atom. The molecule has 1 atom stereocenters. The molecule has 0 amide bonds. The van der Waals surface area contributed by atoms with E-state index in [2.05, 4.69) is 31.1 Å². The van der Waals surface area contributed by atoms with Crippen molar-refractivity contribution < 1.29 is 4.74 Å². The monoisotopic (exact) mass is 214 g/mol. The van der Waals surface area contributed by atoms with Gasteiger partial charge in [0.2, 0.25) is 0 Å². The summed E-state index contributed by atoms with van der Waals surface area (Å²) >= 11 is 1.77. The van der Waals surface area contributed by atoms with Crippen LogP contribution < -0.4 is 5.32 Å². The summed E-state index contributed by atoms with van der Waals surface area (Å²) in [7, 11) is 1.71. The highest BCUT2D eigenvalue weighted by Crippen LogP contribution is 2.22. The van der Waals surface area contributed by atoms with Crippen LogP contribution in [0, 0.1) is 13.8 Å². The van der Waals surface area contributed by atoms with Gasteiger partial charge in [-0.05, 0) is 20.8 Å². The Morgan fingerprint density at radius 3 is 2.71 bits per heavy atom. The Balaban J connectivity index is 2.47. The molecule has 1 heterocycles. The Bertz CT molecular complexity index is 266. The number of hydrogen-bond donors (Lipinski definition) is 1. The summed E-state index contributed by atoms with van der Waals surface area (Å²) < 4.78 is 4.98. The Morgan fingerprint density at radius 1 is 1.50 bits per heavy atom. The summed E-state index contributed by atoms with van der Waals surface area (Å²) in [6.07, 6.45) is 0. The van der Waals surface area contributed by atoms with E-state index in [9.17, 15) is 0 Å². The third-order valence-corrected chi connectivity index (χ3v) is 3.43. The highest BCUT2D eigenvalue weighted by atomic mass is 32.1. The number of nitrogens with zero attached hydrogens (tertiary/aromatic N) is 1. The average molecular weight is 214 g/mol. The van der Waals surface area contributed by atoms with Crippen LogP contribution in [0.5, 0.6) is 0 Å². The van der Waals surface area contributed by atoms with Gasteiger partial charge in [-0.3, -0.25) is 0 Å². The molecule has 0 spiro atoms. The first-order valence-electron chi connectivity index (χ1n) is 4.81. The number of nitrogens with one attached hydrogen (secondary N) is 1. The van der Waals surface area contributed by atoms with Crippen molar-refractivity contribution in [2.45, 2.75) is 26.8 Å².